The van der Waals surface area contributed by atoms with Crippen molar-refractivity contribution in [2.45, 2.75) is 25.7 Å². The van der Waals surface area contributed by atoms with Crippen LogP contribution in [0.25, 0.3) is 0 Å². The van der Waals surface area contributed by atoms with Crippen LogP contribution in [0.3, 0.4) is 0 Å². The van der Waals surface area contributed by atoms with E-state index in [4.69, 9.17) is 5.11 Å². The monoisotopic (exact) mass is 392 g/mol. The van der Waals surface area contributed by atoms with E-state index in [0.717, 1.165) is 25.7 Å². The third-order valence-electron chi connectivity index (χ3n) is 5.58. The topological polar surface area (TPSA) is 104 Å². The number of rotatable bonds is 4. The molecule has 0 radical (unpaired) electrons. The summed E-state index contributed by atoms with van der Waals surface area (Å²) in [5.74, 6) is -2.43. The Bertz CT molecular complexity index is 992. The first kappa shape index (κ1) is 18.9. The Morgan fingerprint density at radius 1 is 0.897 bits per heavy atom. The van der Waals surface area contributed by atoms with E-state index in [-0.39, 0.29) is 34.8 Å². The molecule has 0 unspecified atom stereocenters. The zero-order valence-corrected chi connectivity index (χ0v) is 15.6. The largest absolute Gasteiger partial charge is 0.478 e. The van der Waals surface area contributed by atoms with E-state index in [2.05, 4.69) is 5.32 Å². The van der Waals surface area contributed by atoms with Gasteiger partial charge in [-0.3, -0.25) is 19.3 Å². The van der Waals surface area contributed by atoms with Gasteiger partial charge < -0.3 is 10.4 Å². The number of hydrogen-bond acceptors (Lipinski definition) is 4. The Hall–Kier alpha value is -3.48. The van der Waals surface area contributed by atoms with Gasteiger partial charge in [-0.2, -0.15) is 0 Å². The highest BCUT2D eigenvalue weighted by Gasteiger charge is 2.48. The Morgan fingerprint density at radius 2 is 1.52 bits per heavy atom. The summed E-state index contributed by atoms with van der Waals surface area (Å²) in [6.45, 7) is 0. The van der Waals surface area contributed by atoms with Gasteiger partial charge >= 0.3 is 5.97 Å². The van der Waals surface area contributed by atoms with Crippen LogP contribution in [0.2, 0.25) is 0 Å². The van der Waals surface area contributed by atoms with Crippen molar-refractivity contribution in [3.63, 3.8) is 0 Å². The summed E-state index contributed by atoms with van der Waals surface area (Å²) < 4.78 is 0. The van der Waals surface area contributed by atoms with Crippen LogP contribution in [0.15, 0.2) is 48.5 Å². The summed E-state index contributed by atoms with van der Waals surface area (Å²) in [5.41, 5.74) is 1.08. The van der Waals surface area contributed by atoms with Gasteiger partial charge in [0.15, 0.2) is 0 Å². The molecule has 2 fully saturated rings. The minimum atomic E-state index is -1.09. The number of carbonyl (C=O) groups is 4. The number of fused-ring (bicyclic) bond motifs is 1. The molecule has 1 saturated heterocycles. The molecule has 2 N–H and O–H groups in total. The van der Waals surface area contributed by atoms with Crippen molar-refractivity contribution in [1.82, 2.24) is 0 Å². The minimum absolute atomic E-state index is 0.0624. The lowest BCUT2D eigenvalue weighted by molar-refractivity contribution is -0.122. The van der Waals surface area contributed by atoms with Crippen molar-refractivity contribution >= 4 is 35.1 Å². The molecule has 1 aliphatic carbocycles. The number of nitrogens with zero attached hydrogens (tertiary/aromatic N) is 1. The lowest BCUT2D eigenvalue weighted by Gasteiger charge is -2.19. The first-order valence-corrected chi connectivity index (χ1v) is 9.58. The summed E-state index contributed by atoms with van der Waals surface area (Å²) in [4.78, 5) is 50.5. The number of carboxylic acids is 1. The molecule has 148 valence electrons. The van der Waals surface area contributed by atoms with Gasteiger partial charge in [0.2, 0.25) is 11.8 Å². The molecule has 0 spiro atoms. The van der Waals surface area contributed by atoms with Crippen molar-refractivity contribution in [3.05, 3.63) is 59.7 Å². The van der Waals surface area contributed by atoms with E-state index >= 15 is 0 Å². The highest BCUT2D eigenvalue weighted by Crippen LogP contribution is 2.40. The van der Waals surface area contributed by atoms with Crippen LogP contribution < -0.4 is 10.2 Å². The molecule has 2 atom stereocenters. The van der Waals surface area contributed by atoms with Crippen LogP contribution in [0.4, 0.5) is 11.4 Å². The summed E-state index contributed by atoms with van der Waals surface area (Å²) in [6, 6.07) is 12.3. The standard InChI is InChI=1S/C22H20N2O5/c25-19(23-15-7-3-6-14(11-15)22(28)29)13-5-4-8-16(12-13)24-20(26)17-9-1-2-10-18(17)21(24)27/h3-8,11-12,17-18H,1-2,9-10H2,(H,23,25)(H,28,29)/t17-,18-/m0/s1. The maximum atomic E-state index is 12.8. The summed E-state index contributed by atoms with van der Waals surface area (Å²) >= 11 is 0. The molecule has 7 nitrogen and oxygen atoms in total. The number of nitrogens with one attached hydrogen (secondary N) is 1. The molecule has 1 saturated carbocycles. The predicted molar refractivity (Wildman–Crippen MR) is 106 cm³/mol. The highest BCUT2D eigenvalue weighted by molar-refractivity contribution is 6.22. The molecule has 2 aromatic carbocycles. The fourth-order valence-corrected chi connectivity index (χ4v) is 4.14. The fourth-order valence-electron chi connectivity index (χ4n) is 4.14. The van der Waals surface area contributed by atoms with Gasteiger partial charge in [0.25, 0.3) is 5.91 Å². The minimum Gasteiger partial charge on any atom is -0.478 e. The lowest BCUT2D eigenvalue weighted by Crippen LogP contribution is -2.31. The molecule has 2 aliphatic rings. The van der Waals surface area contributed by atoms with Crippen LogP contribution in [0.5, 0.6) is 0 Å². The Kier molecular flexibility index (Phi) is 4.88. The molecule has 4 rings (SSSR count). The molecule has 1 heterocycles. The van der Waals surface area contributed by atoms with E-state index in [1.54, 1.807) is 30.3 Å². The summed E-state index contributed by atoms with van der Waals surface area (Å²) in [7, 11) is 0. The Balaban J connectivity index is 1.56. The van der Waals surface area contributed by atoms with Crippen molar-refractivity contribution < 1.29 is 24.3 Å². The average Bonchev–Trinajstić information content (AvgIpc) is 2.99. The molecule has 29 heavy (non-hydrogen) atoms. The quantitative estimate of drug-likeness (QED) is 0.777. The fraction of sp³-hybridized carbons (Fsp3) is 0.273. The third kappa shape index (κ3) is 3.51. The number of benzene rings is 2. The Labute approximate surface area is 167 Å². The van der Waals surface area contributed by atoms with E-state index in [1.165, 1.54) is 23.1 Å². The van der Waals surface area contributed by atoms with Crippen molar-refractivity contribution in [2.75, 3.05) is 10.2 Å². The van der Waals surface area contributed by atoms with Gasteiger partial charge in [-0.15, -0.1) is 0 Å². The second-order valence-corrected chi connectivity index (χ2v) is 7.40. The number of imide groups is 1. The van der Waals surface area contributed by atoms with Crippen LogP contribution in [-0.4, -0.2) is 28.8 Å². The second kappa shape index (κ2) is 7.50. The Morgan fingerprint density at radius 3 is 2.17 bits per heavy atom. The molecular formula is C22H20N2O5. The number of hydrogen-bond donors (Lipinski definition) is 2. The van der Waals surface area contributed by atoms with Crippen molar-refractivity contribution in [2.24, 2.45) is 11.8 Å². The zero-order valence-electron chi connectivity index (χ0n) is 15.6. The van der Waals surface area contributed by atoms with Crippen molar-refractivity contribution in [1.29, 1.82) is 0 Å². The number of carboxylic acid groups (broad SMARTS) is 1. The van der Waals surface area contributed by atoms with Gasteiger partial charge in [0.1, 0.15) is 0 Å². The summed E-state index contributed by atoms with van der Waals surface area (Å²) in [5, 5.41) is 11.7. The van der Waals surface area contributed by atoms with E-state index in [0.29, 0.717) is 11.4 Å². The first-order valence-electron chi connectivity index (χ1n) is 9.58. The van der Waals surface area contributed by atoms with E-state index in [9.17, 15) is 19.2 Å². The molecule has 0 aromatic heterocycles. The van der Waals surface area contributed by atoms with E-state index < -0.39 is 11.9 Å². The van der Waals surface area contributed by atoms with Gasteiger partial charge in [0, 0.05) is 11.3 Å². The van der Waals surface area contributed by atoms with E-state index in [1.807, 2.05) is 0 Å². The maximum Gasteiger partial charge on any atom is 0.335 e. The zero-order chi connectivity index (χ0) is 20.5. The SMILES string of the molecule is O=C(O)c1cccc(NC(=O)c2cccc(N3C(=O)[C@H]4CCCC[C@@H]4C3=O)c2)c1. The first-order chi connectivity index (χ1) is 14.0. The average molecular weight is 392 g/mol. The van der Waals surface area contributed by atoms with Crippen LogP contribution >= 0.6 is 0 Å². The van der Waals surface area contributed by atoms with Crippen LogP contribution in [0.1, 0.15) is 46.4 Å². The number of carbonyl (C=O) groups excluding carboxylic acids is 3. The number of anilines is 2. The highest BCUT2D eigenvalue weighted by atomic mass is 16.4. The number of aromatic carboxylic acids is 1. The van der Waals surface area contributed by atoms with Crippen LogP contribution in [0, 0.1) is 11.8 Å². The molecule has 1 aliphatic heterocycles. The van der Waals surface area contributed by atoms with Crippen LogP contribution in [-0.2, 0) is 9.59 Å². The summed E-state index contributed by atoms with van der Waals surface area (Å²) in [6.07, 6.45) is 3.36. The molecule has 0 bridgehead atoms. The molecular weight excluding hydrogens is 372 g/mol. The maximum absolute atomic E-state index is 12.8. The molecule has 3 amide bonds. The lowest BCUT2D eigenvalue weighted by atomic mass is 9.81. The molecule has 2 aromatic rings. The van der Waals surface area contributed by atoms with Gasteiger partial charge in [-0.25, -0.2) is 4.79 Å². The molecule has 7 heteroatoms. The smallest absolute Gasteiger partial charge is 0.335 e. The second-order valence-electron chi connectivity index (χ2n) is 7.40. The normalized spacial score (nSPS) is 21.0. The van der Waals surface area contributed by atoms with Gasteiger partial charge in [-0.05, 0) is 49.2 Å². The third-order valence-corrected chi connectivity index (χ3v) is 5.58. The van der Waals surface area contributed by atoms with Gasteiger partial charge in [0.05, 0.1) is 23.1 Å². The number of amides is 3. The predicted octanol–water partition coefficient (Wildman–Crippen LogP) is 3.32. The van der Waals surface area contributed by atoms with Gasteiger partial charge in [-0.1, -0.05) is 25.0 Å². The van der Waals surface area contributed by atoms with Crippen molar-refractivity contribution in [3.8, 4) is 0 Å².